The molecule has 0 bridgehead atoms. The van der Waals surface area contributed by atoms with Gasteiger partial charge in [-0.3, -0.25) is 4.90 Å². The lowest BCUT2D eigenvalue weighted by Crippen LogP contribution is -2.37. The van der Waals surface area contributed by atoms with Crippen LogP contribution in [0.2, 0.25) is 0 Å². The van der Waals surface area contributed by atoms with Gasteiger partial charge in [0.15, 0.2) is 0 Å². The Bertz CT molecular complexity index is 877. The SMILES string of the molecule is CCOc1ccc(S(=O)(=O)N[C@@H]2CCN(C3CC3)C2)c2ccccc12. The van der Waals surface area contributed by atoms with Gasteiger partial charge < -0.3 is 4.74 Å². The van der Waals surface area contributed by atoms with Gasteiger partial charge in [-0.05, 0) is 38.3 Å². The van der Waals surface area contributed by atoms with E-state index in [2.05, 4.69) is 9.62 Å². The Morgan fingerprint density at radius 3 is 2.60 bits per heavy atom. The van der Waals surface area contributed by atoms with E-state index in [1.807, 2.05) is 31.2 Å². The fraction of sp³-hybridized carbons (Fsp3) is 0.474. The molecule has 0 spiro atoms. The van der Waals surface area contributed by atoms with Gasteiger partial charge in [0, 0.05) is 35.9 Å². The summed E-state index contributed by atoms with van der Waals surface area (Å²) in [5, 5.41) is 1.54. The Labute approximate surface area is 149 Å². The lowest BCUT2D eigenvalue weighted by Gasteiger charge is -2.17. The number of benzene rings is 2. The minimum Gasteiger partial charge on any atom is -0.493 e. The molecule has 1 aliphatic carbocycles. The molecular weight excluding hydrogens is 336 g/mol. The Morgan fingerprint density at radius 2 is 1.88 bits per heavy atom. The number of likely N-dealkylation sites (tertiary alicyclic amines) is 1. The van der Waals surface area contributed by atoms with Crippen LogP contribution in [0.4, 0.5) is 0 Å². The zero-order chi connectivity index (χ0) is 17.4. The number of rotatable bonds is 6. The van der Waals surface area contributed by atoms with E-state index in [1.54, 1.807) is 12.1 Å². The second-order valence-electron chi connectivity index (χ2n) is 6.87. The fourth-order valence-electron chi connectivity index (χ4n) is 3.70. The molecule has 1 saturated carbocycles. The normalized spacial score (nSPS) is 21.7. The first-order chi connectivity index (χ1) is 12.1. The van der Waals surface area contributed by atoms with Gasteiger partial charge >= 0.3 is 0 Å². The van der Waals surface area contributed by atoms with Crippen molar-refractivity contribution >= 4 is 20.8 Å². The molecule has 134 valence electrons. The van der Waals surface area contributed by atoms with Crippen LogP contribution in [-0.2, 0) is 10.0 Å². The quantitative estimate of drug-likeness (QED) is 0.861. The smallest absolute Gasteiger partial charge is 0.241 e. The number of sulfonamides is 1. The van der Waals surface area contributed by atoms with Crippen molar-refractivity contribution in [1.82, 2.24) is 9.62 Å². The molecule has 2 fully saturated rings. The highest BCUT2D eigenvalue weighted by molar-refractivity contribution is 7.89. The number of hydrogen-bond acceptors (Lipinski definition) is 4. The van der Waals surface area contributed by atoms with E-state index in [0.717, 1.165) is 30.6 Å². The van der Waals surface area contributed by atoms with Crippen molar-refractivity contribution in [2.24, 2.45) is 0 Å². The summed E-state index contributed by atoms with van der Waals surface area (Å²) in [6.45, 7) is 4.28. The summed E-state index contributed by atoms with van der Waals surface area (Å²) in [6.07, 6.45) is 3.39. The summed E-state index contributed by atoms with van der Waals surface area (Å²) < 4.78 is 34.5. The summed E-state index contributed by atoms with van der Waals surface area (Å²) in [5.74, 6) is 0.720. The van der Waals surface area contributed by atoms with Crippen molar-refractivity contribution in [3.63, 3.8) is 0 Å². The van der Waals surface area contributed by atoms with Crippen molar-refractivity contribution < 1.29 is 13.2 Å². The molecule has 6 heteroatoms. The molecule has 2 aromatic rings. The lowest BCUT2D eigenvalue weighted by molar-refractivity contribution is 0.322. The fourth-order valence-corrected chi connectivity index (χ4v) is 5.17. The summed E-state index contributed by atoms with van der Waals surface area (Å²) in [7, 11) is -3.56. The van der Waals surface area contributed by atoms with Gasteiger partial charge in [0.2, 0.25) is 10.0 Å². The topological polar surface area (TPSA) is 58.6 Å². The third kappa shape index (κ3) is 3.38. The first kappa shape index (κ1) is 16.8. The van der Waals surface area contributed by atoms with Crippen LogP contribution in [0.3, 0.4) is 0 Å². The Balaban J connectivity index is 1.62. The maximum atomic E-state index is 13.0. The highest BCUT2D eigenvalue weighted by Crippen LogP contribution is 2.32. The van der Waals surface area contributed by atoms with Crippen molar-refractivity contribution in [2.75, 3.05) is 19.7 Å². The van der Waals surface area contributed by atoms with Crippen LogP contribution in [0.15, 0.2) is 41.3 Å². The molecule has 1 aliphatic heterocycles. The summed E-state index contributed by atoms with van der Waals surface area (Å²) in [6, 6.07) is 11.6. The third-order valence-electron chi connectivity index (χ3n) is 5.04. The summed E-state index contributed by atoms with van der Waals surface area (Å²) in [5.41, 5.74) is 0. The predicted octanol–water partition coefficient (Wildman–Crippen LogP) is 2.75. The van der Waals surface area contributed by atoms with Gasteiger partial charge in [0.1, 0.15) is 5.75 Å². The van der Waals surface area contributed by atoms with Gasteiger partial charge in [0.25, 0.3) is 0 Å². The van der Waals surface area contributed by atoms with E-state index < -0.39 is 10.0 Å². The zero-order valence-electron chi connectivity index (χ0n) is 14.4. The number of ether oxygens (including phenoxy) is 1. The van der Waals surface area contributed by atoms with Crippen LogP contribution < -0.4 is 9.46 Å². The number of hydrogen-bond donors (Lipinski definition) is 1. The minimum absolute atomic E-state index is 0.00377. The first-order valence-electron chi connectivity index (χ1n) is 8.99. The Morgan fingerprint density at radius 1 is 1.12 bits per heavy atom. The molecule has 25 heavy (non-hydrogen) atoms. The molecule has 1 atom stereocenters. The maximum Gasteiger partial charge on any atom is 0.241 e. The second-order valence-corrected chi connectivity index (χ2v) is 8.56. The van der Waals surface area contributed by atoms with Crippen molar-refractivity contribution in [1.29, 1.82) is 0 Å². The zero-order valence-corrected chi connectivity index (χ0v) is 15.3. The lowest BCUT2D eigenvalue weighted by atomic mass is 10.1. The number of fused-ring (bicyclic) bond motifs is 1. The van der Waals surface area contributed by atoms with Crippen LogP contribution in [0.5, 0.6) is 5.75 Å². The first-order valence-corrected chi connectivity index (χ1v) is 10.5. The van der Waals surface area contributed by atoms with Crippen LogP contribution in [0.25, 0.3) is 10.8 Å². The van der Waals surface area contributed by atoms with E-state index in [1.165, 1.54) is 12.8 Å². The number of nitrogens with zero attached hydrogens (tertiary/aromatic N) is 1. The van der Waals surface area contributed by atoms with E-state index in [-0.39, 0.29) is 6.04 Å². The van der Waals surface area contributed by atoms with Crippen molar-refractivity contribution in [2.45, 2.75) is 43.2 Å². The Hall–Kier alpha value is -1.63. The van der Waals surface area contributed by atoms with E-state index in [9.17, 15) is 8.42 Å². The molecule has 2 aliphatic rings. The van der Waals surface area contributed by atoms with Crippen LogP contribution >= 0.6 is 0 Å². The average molecular weight is 360 g/mol. The van der Waals surface area contributed by atoms with Crippen molar-refractivity contribution in [3.05, 3.63) is 36.4 Å². The molecule has 1 heterocycles. The van der Waals surface area contributed by atoms with Gasteiger partial charge in [0.05, 0.1) is 11.5 Å². The molecule has 1 N–H and O–H groups in total. The van der Waals surface area contributed by atoms with Crippen LogP contribution in [0, 0.1) is 0 Å². The highest BCUT2D eigenvalue weighted by atomic mass is 32.2. The highest BCUT2D eigenvalue weighted by Gasteiger charge is 2.36. The standard InChI is InChI=1S/C19H24N2O3S/c1-2-24-18-9-10-19(17-6-4-3-5-16(17)18)25(22,23)20-14-11-12-21(13-14)15-7-8-15/h3-6,9-10,14-15,20H,2,7-8,11-13H2,1H3/t14-/m1/s1. The van der Waals surface area contributed by atoms with E-state index >= 15 is 0 Å². The van der Waals surface area contributed by atoms with Gasteiger partial charge in [-0.2, -0.15) is 0 Å². The van der Waals surface area contributed by atoms with E-state index in [0.29, 0.717) is 22.9 Å². The average Bonchev–Trinajstić information content (AvgIpc) is 3.35. The summed E-state index contributed by atoms with van der Waals surface area (Å²) >= 11 is 0. The Kier molecular flexibility index (Phi) is 4.43. The summed E-state index contributed by atoms with van der Waals surface area (Å²) in [4.78, 5) is 2.74. The maximum absolute atomic E-state index is 13.0. The molecule has 0 radical (unpaired) electrons. The molecule has 0 amide bonds. The van der Waals surface area contributed by atoms with Gasteiger partial charge in [-0.1, -0.05) is 24.3 Å². The molecule has 0 unspecified atom stereocenters. The molecular formula is C19H24N2O3S. The van der Waals surface area contributed by atoms with Crippen LogP contribution in [-0.4, -0.2) is 45.1 Å². The molecule has 2 aromatic carbocycles. The van der Waals surface area contributed by atoms with Crippen LogP contribution in [0.1, 0.15) is 26.2 Å². The third-order valence-corrected chi connectivity index (χ3v) is 6.62. The van der Waals surface area contributed by atoms with Crippen molar-refractivity contribution in [3.8, 4) is 5.75 Å². The minimum atomic E-state index is -3.56. The largest absolute Gasteiger partial charge is 0.493 e. The van der Waals surface area contributed by atoms with Gasteiger partial charge in [-0.15, -0.1) is 0 Å². The second kappa shape index (κ2) is 6.59. The monoisotopic (exact) mass is 360 g/mol. The number of nitrogens with one attached hydrogen (secondary N) is 1. The molecule has 1 saturated heterocycles. The molecule has 4 rings (SSSR count). The predicted molar refractivity (Wildman–Crippen MR) is 98.4 cm³/mol. The van der Waals surface area contributed by atoms with E-state index in [4.69, 9.17) is 4.74 Å². The molecule has 0 aromatic heterocycles. The molecule has 5 nitrogen and oxygen atoms in total. The van der Waals surface area contributed by atoms with Gasteiger partial charge in [-0.25, -0.2) is 13.1 Å².